The molecule has 2 rings (SSSR count). The Balaban J connectivity index is 1.66. The van der Waals surface area contributed by atoms with E-state index in [-0.39, 0.29) is 43.4 Å². The highest BCUT2D eigenvalue weighted by atomic mass is 32.1. The minimum atomic E-state index is -0.241. The molecule has 2 N–H and O–H groups in total. The highest BCUT2D eigenvalue weighted by molar-refractivity contribution is 7.12. The van der Waals surface area contributed by atoms with Crippen molar-refractivity contribution < 1.29 is 19.1 Å². The Bertz CT molecular complexity index is 728. The molecule has 0 unspecified atom stereocenters. The fourth-order valence-corrected chi connectivity index (χ4v) is 2.85. The number of hydrogen-bond donors (Lipinski definition) is 2. The van der Waals surface area contributed by atoms with Crippen molar-refractivity contribution >= 4 is 34.6 Å². The molecule has 0 saturated carbocycles. The van der Waals surface area contributed by atoms with Gasteiger partial charge in [-0.2, -0.15) is 0 Å². The van der Waals surface area contributed by atoms with E-state index in [1.165, 1.54) is 18.4 Å². The molecule has 0 saturated heterocycles. The number of carbonyl (C=O) groups excluding carboxylic acids is 3. The predicted molar refractivity (Wildman–Crippen MR) is 97.1 cm³/mol. The molecule has 7 heteroatoms. The van der Waals surface area contributed by atoms with Crippen molar-refractivity contribution in [3.8, 4) is 5.75 Å². The van der Waals surface area contributed by atoms with Gasteiger partial charge in [0.1, 0.15) is 5.75 Å². The summed E-state index contributed by atoms with van der Waals surface area (Å²) < 4.78 is 5.16. The minimum Gasteiger partial charge on any atom is -0.495 e. The van der Waals surface area contributed by atoms with Crippen LogP contribution in [0.25, 0.3) is 0 Å². The Kier molecular flexibility index (Phi) is 7.16. The Hall–Kier alpha value is -2.67. The van der Waals surface area contributed by atoms with Crippen LogP contribution < -0.4 is 15.4 Å². The summed E-state index contributed by atoms with van der Waals surface area (Å²) in [4.78, 5) is 36.1. The van der Waals surface area contributed by atoms with Crippen molar-refractivity contribution in [2.24, 2.45) is 0 Å². The van der Waals surface area contributed by atoms with Crippen molar-refractivity contribution in [3.05, 3.63) is 46.7 Å². The lowest BCUT2D eigenvalue weighted by atomic mass is 10.2. The number of hydrogen-bond acceptors (Lipinski definition) is 5. The third kappa shape index (κ3) is 6.04. The average molecular weight is 360 g/mol. The molecule has 1 aromatic heterocycles. The molecule has 132 valence electrons. The first-order chi connectivity index (χ1) is 12.1. The number of carbonyl (C=O) groups is 3. The summed E-state index contributed by atoms with van der Waals surface area (Å²) in [6.45, 7) is 0.215. The van der Waals surface area contributed by atoms with Crippen molar-refractivity contribution in [1.29, 1.82) is 0 Å². The van der Waals surface area contributed by atoms with Gasteiger partial charge in [-0.1, -0.05) is 18.2 Å². The van der Waals surface area contributed by atoms with E-state index in [1.54, 1.807) is 30.3 Å². The van der Waals surface area contributed by atoms with E-state index < -0.39 is 0 Å². The van der Waals surface area contributed by atoms with E-state index in [1.807, 2.05) is 11.4 Å². The van der Waals surface area contributed by atoms with E-state index in [4.69, 9.17) is 4.74 Å². The van der Waals surface area contributed by atoms with E-state index in [0.29, 0.717) is 16.3 Å². The molecule has 2 amide bonds. The first-order valence-corrected chi connectivity index (χ1v) is 8.74. The van der Waals surface area contributed by atoms with Gasteiger partial charge in [0.2, 0.25) is 11.8 Å². The molecular formula is C18H20N2O4S. The number of ether oxygens (including phenoxy) is 1. The molecule has 0 radical (unpaired) electrons. The van der Waals surface area contributed by atoms with Gasteiger partial charge in [0.05, 0.1) is 17.7 Å². The molecule has 1 aromatic carbocycles. The zero-order valence-electron chi connectivity index (χ0n) is 13.9. The van der Waals surface area contributed by atoms with Crippen LogP contribution in [0.5, 0.6) is 5.75 Å². The molecule has 0 aliphatic rings. The van der Waals surface area contributed by atoms with Crippen LogP contribution in [0, 0.1) is 0 Å². The maximum atomic E-state index is 11.9. The third-order valence-corrected chi connectivity index (χ3v) is 4.34. The van der Waals surface area contributed by atoms with Gasteiger partial charge in [-0.25, -0.2) is 0 Å². The maximum absolute atomic E-state index is 11.9. The molecule has 0 aliphatic heterocycles. The average Bonchev–Trinajstić information content (AvgIpc) is 3.15. The first kappa shape index (κ1) is 18.7. The van der Waals surface area contributed by atoms with Crippen molar-refractivity contribution in [3.63, 3.8) is 0 Å². The van der Waals surface area contributed by atoms with Crippen LogP contribution in [-0.4, -0.2) is 31.3 Å². The Morgan fingerprint density at radius 3 is 2.52 bits per heavy atom. The van der Waals surface area contributed by atoms with Gasteiger partial charge in [0.15, 0.2) is 5.78 Å². The highest BCUT2D eigenvalue weighted by Gasteiger charge is 2.11. The molecule has 25 heavy (non-hydrogen) atoms. The topological polar surface area (TPSA) is 84.5 Å². The van der Waals surface area contributed by atoms with Gasteiger partial charge in [-0.3, -0.25) is 14.4 Å². The standard InChI is InChI=1S/C18H20N2O4S/c1-24-15-6-3-2-5-13(15)20-18(23)10-11-19-17(22)9-8-14(21)16-7-4-12-25-16/h2-7,12H,8-11H2,1H3,(H,19,22)(H,20,23). The number of Topliss-reactive ketones (excluding diaryl/α,β-unsaturated/α-hetero) is 1. The number of para-hydroxylation sites is 2. The van der Waals surface area contributed by atoms with Gasteiger partial charge in [0.25, 0.3) is 0 Å². The molecule has 0 aliphatic carbocycles. The highest BCUT2D eigenvalue weighted by Crippen LogP contribution is 2.22. The molecule has 0 fully saturated rings. The van der Waals surface area contributed by atoms with Crippen LogP contribution in [0.4, 0.5) is 5.69 Å². The minimum absolute atomic E-state index is 0.0425. The van der Waals surface area contributed by atoms with Gasteiger partial charge in [-0.05, 0) is 23.6 Å². The number of ketones is 1. The fraction of sp³-hybridized carbons (Fsp3) is 0.278. The zero-order chi connectivity index (χ0) is 18.1. The SMILES string of the molecule is COc1ccccc1NC(=O)CCNC(=O)CCC(=O)c1cccs1. The second kappa shape index (κ2) is 9.58. The number of amides is 2. The fourth-order valence-electron chi connectivity index (χ4n) is 2.15. The molecule has 0 spiro atoms. The summed E-state index contributed by atoms with van der Waals surface area (Å²) in [5.41, 5.74) is 0.586. The molecule has 2 aromatic rings. The first-order valence-electron chi connectivity index (χ1n) is 7.86. The quantitative estimate of drug-likeness (QED) is 0.674. The molecule has 1 heterocycles. The molecule has 0 atom stereocenters. The second-order valence-corrected chi connectivity index (χ2v) is 6.20. The molecular weight excluding hydrogens is 340 g/mol. The third-order valence-electron chi connectivity index (χ3n) is 3.43. The van der Waals surface area contributed by atoms with E-state index in [9.17, 15) is 14.4 Å². The van der Waals surface area contributed by atoms with E-state index in [0.717, 1.165) is 0 Å². The number of thiophene rings is 1. The summed E-state index contributed by atoms with van der Waals surface area (Å²) in [6.07, 6.45) is 0.424. The monoisotopic (exact) mass is 360 g/mol. The number of methoxy groups -OCH3 is 1. The molecule has 0 bridgehead atoms. The number of anilines is 1. The Morgan fingerprint density at radius 2 is 1.80 bits per heavy atom. The summed E-state index contributed by atoms with van der Waals surface area (Å²) in [6, 6.07) is 10.6. The smallest absolute Gasteiger partial charge is 0.226 e. The Morgan fingerprint density at radius 1 is 1.00 bits per heavy atom. The van der Waals surface area contributed by atoms with Crippen LogP contribution in [0.15, 0.2) is 41.8 Å². The lowest BCUT2D eigenvalue weighted by molar-refractivity contribution is -0.121. The second-order valence-electron chi connectivity index (χ2n) is 5.25. The summed E-state index contributed by atoms with van der Waals surface area (Å²) >= 11 is 1.36. The van der Waals surface area contributed by atoms with Crippen LogP contribution in [0.3, 0.4) is 0 Å². The van der Waals surface area contributed by atoms with E-state index >= 15 is 0 Å². The number of nitrogens with one attached hydrogen (secondary N) is 2. The number of rotatable bonds is 9. The van der Waals surface area contributed by atoms with Crippen molar-refractivity contribution in [1.82, 2.24) is 5.32 Å². The number of benzene rings is 1. The predicted octanol–water partition coefficient (Wildman–Crippen LogP) is 2.86. The van der Waals surface area contributed by atoms with Gasteiger partial charge < -0.3 is 15.4 Å². The lowest BCUT2D eigenvalue weighted by Gasteiger charge is -2.10. The normalized spacial score (nSPS) is 10.1. The lowest BCUT2D eigenvalue weighted by Crippen LogP contribution is -2.27. The largest absolute Gasteiger partial charge is 0.495 e. The van der Waals surface area contributed by atoms with Gasteiger partial charge >= 0.3 is 0 Å². The maximum Gasteiger partial charge on any atom is 0.226 e. The zero-order valence-corrected chi connectivity index (χ0v) is 14.7. The summed E-state index contributed by atoms with van der Waals surface area (Å²) in [5, 5.41) is 7.21. The summed E-state index contributed by atoms with van der Waals surface area (Å²) in [5.74, 6) is 0.0699. The Labute approximate surface area is 150 Å². The molecule has 6 nitrogen and oxygen atoms in total. The van der Waals surface area contributed by atoms with Crippen molar-refractivity contribution in [2.75, 3.05) is 19.0 Å². The van der Waals surface area contributed by atoms with Crippen LogP contribution >= 0.6 is 11.3 Å². The van der Waals surface area contributed by atoms with Gasteiger partial charge in [0, 0.05) is 25.8 Å². The van der Waals surface area contributed by atoms with E-state index in [2.05, 4.69) is 10.6 Å². The van der Waals surface area contributed by atoms with Crippen LogP contribution in [-0.2, 0) is 9.59 Å². The van der Waals surface area contributed by atoms with Gasteiger partial charge in [-0.15, -0.1) is 11.3 Å². The van der Waals surface area contributed by atoms with Crippen LogP contribution in [0.2, 0.25) is 0 Å². The van der Waals surface area contributed by atoms with Crippen LogP contribution in [0.1, 0.15) is 28.9 Å². The summed E-state index contributed by atoms with van der Waals surface area (Å²) in [7, 11) is 1.53. The van der Waals surface area contributed by atoms with Crippen molar-refractivity contribution in [2.45, 2.75) is 19.3 Å².